The van der Waals surface area contributed by atoms with Crippen LogP contribution in [0.15, 0.2) is 54.6 Å². The number of nitrogens with zero attached hydrogens (tertiary/aromatic N) is 2. The van der Waals surface area contributed by atoms with Crippen LogP contribution in [0.25, 0.3) is 0 Å². The van der Waals surface area contributed by atoms with Crippen LogP contribution in [0, 0.1) is 0 Å². The van der Waals surface area contributed by atoms with Crippen molar-refractivity contribution in [2.75, 3.05) is 31.1 Å². The standard InChI is InChI=1S/C20H22N2O/c23-20(15-21-12-6-7-13-21)22-14-18(16-8-2-1-3-9-16)17-10-4-5-11-19(17)22/h1-5,8-11,18H,6-7,12-15H2. The molecule has 2 aliphatic rings. The molecule has 0 spiro atoms. The summed E-state index contributed by atoms with van der Waals surface area (Å²) in [6, 6.07) is 18.9. The number of likely N-dealkylation sites (tertiary alicyclic amines) is 1. The van der Waals surface area contributed by atoms with Crippen molar-refractivity contribution in [2.24, 2.45) is 0 Å². The van der Waals surface area contributed by atoms with Gasteiger partial charge in [0.25, 0.3) is 0 Å². The van der Waals surface area contributed by atoms with Crippen LogP contribution in [0.4, 0.5) is 5.69 Å². The molecule has 2 aliphatic heterocycles. The van der Waals surface area contributed by atoms with Gasteiger partial charge in [0.2, 0.25) is 5.91 Å². The second-order valence-corrected chi connectivity index (χ2v) is 6.51. The molecule has 1 atom stereocenters. The molecule has 2 heterocycles. The zero-order valence-electron chi connectivity index (χ0n) is 13.3. The zero-order chi connectivity index (χ0) is 15.6. The van der Waals surface area contributed by atoms with Crippen molar-refractivity contribution in [3.63, 3.8) is 0 Å². The van der Waals surface area contributed by atoms with Gasteiger partial charge in [-0.15, -0.1) is 0 Å². The van der Waals surface area contributed by atoms with Gasteiger partial charge in [0, 0.05) is 18.2 Å². The summed E-state index contributed by atoms with van der Waals surface area (Å²) in [5.74, 6) is 0.521. The van der Waals surface area contributed by atoms with Crippen LogP contribution in [0.5, 0.6) is 0 Å². The molecule has 0 N–H and O–H groups in total. The average Bonchev–Trinajstić information content (AvgIpc) is 3.23. The molecule has 118 valence electrons. The third-order valence-corrected chi connectivity index (χ3v) is 5.03. The monoisotopic (exact) mass is 306 g/mol. The lowest BCUT2D eigenvalue weighted by molar-refractivity contribution is -0.119. The van der Waals surface area contributed by atoms with E-state index in [4.69, 9.17) is 0 Å². The zero-order valence-corrected chi connectivity index (χ0v) is 13.3. The van der Waals surface area contributed by atoms with Crippen molar-refractivity contribution in [3.05, 3.63) is 65.7 Å². The Morgan fingerprint density at radius 1 is 0.957 bits per heavy atom. The summed E-state index contributed by atoms with van der Waals surface area (Å²) < 4.78 is 0. The number of hydrogen-bond acceptors (Lipinski definition) is 2. The summed E-state index contributed by atoms with van der Waals surface area (Å²) in [7, 11) is 0. The molecule has 4 rings (SSSR count). The highest BCUT2D eigenvalue weighted by molar-refractivity contribution is 5.97. The third kappa shape index (κ3) is 2.77. The Morgan fingerprint density at radius 2 is 1.65 bits per heavy atom. The molecule has 3 nitrogen and oxygen atoms in total. The van der Waals surface area contributed by atoms with Gasteiger partial charge in [-0.3, -0.25) is 9.69 Å². The number of fused-ring (bicyclic) bond motifs is 1. The Morgan fingerprint density at radius 3 is 2.43 bits per heavy atom. The lowest BCUT2D eigenvalue weighted by Gasteiger charge is -2.22. The minimum Gasteiger partial charge on any atom is -0.310 e. The molecule has 2 aromatic rings. The van der Waals surface area contributed by atoms with Gasteiger partial charge < -0.3 is 4.90 Å². The molecular formula is C20H22N2O. The molecule has 2 aromatic carbocycles. The maximum Gasteiger partial charge on any atom is 0.241 e. The fourth-order valence-corrected chi connectivity index (χ4v) is 3.83. The molecule has 23 heavy (non-hydrogen) atoms. The predicted molar refractivity (Wildman–Crippen MR) is 92.8 cm³/mol. The van der Waals surface area contributed by atoms with Crippen LogP contribution >= 0.6 is 0 Å². The predicted octanol–water partition coefficient (Wildman–Crippen LogP) is 3.26. The molecule has 1 fully saturated rings. The van der Waals surface area contributed by atoms with Crippen LogP contribution < -0.4 is 4.90 Å². The summed E-state index contributed by atoms with van der Waals surface area (Å²) in [6.07, 6.45) is 2.44. The molecule has 0 radical (unpaired) electrons. The Labute approximate surface area is 137 Å². The highest BCUT2D eigenvalue weighted by Gasteiger charge is 2.33. The Balaban J connectivity index is 1.61. The van der Waals surface area contributed by atoms with Crippen molar-refractivity contribution >= 4 is 11.6 Å². The van der Waals surface area contributed by atoms with Crippen LogP contribution in [0.2, 0.25) is 0 Å². The molecule has 1 saturated heterocycles. The van der Waals surface area contributed by atoms with Crippen molar-refractivity contribution < 1.29 is 4.79 Å². The van der Waals surface area contributed by atoms with E-state index in [0.29, 0.717) is 6.54 Å². The van der Waals surface area contributed by atoms with E-state index in [2.05, 4.69) is 47.4 Å². The lowest BCUT2D eigenvalue weighted by atomic mass is 9.93. The van der Waals surface area contributed by atoms with E-state index in [-0.39, 0.29) is 11.8 Å². The Bertz CT molecular complexity index is 692. The van der Waals surface area contributed by atoms with Gasteiger partial charge in [-0.2, -0.15) is 0 Å². The molecule has 1 unspecified atom stereocenters. The first-order valence-electron chi connectivity index (χ1n) is 8.49. The average molecular weight is 306 g/mol. The van der Waals surface area contributed by atoms with E-state index in [1.165, 1.54) is 24.0 Å². The molecule has 3 heteroatoms. The minimum atomic E-state index is 0.234. The van der Waals surface area contributed by atoms with Crippen molar-refractivity contribution in [1.29, 1.82) is 0 Å². The number of anilines is 1. The van der Waals surface area contributed by atoms with Gasteiger partial charge in [0.05, 0.1) is 6.54 Å². The topological polar surface area (TPSA) is 23.6 Å². The van der Waals surface area contributed by atoms with Crippen molar-refractivity contribution in [3.8, 4) is 0 Å². The molecular weight excluding hydrogens is 284 g/mol. The molecule has 0 bridgehead atoms. The second-order valence-electron chi connectivity index (χ2n) is 6.51. The summed E-state index contributed by atoms with van der Waals surface area (Å²) in [6.45, 7) is 3.43. The third-order valence-electron chi connectivity index (χ3n) is 5.03. The van der Waals surface area contributed by atoms with Crippen LogP contribution in [0.3, 0.4) is 0 Å². The first-order chi connectivity index (χ1) is 11.3. The first kappa shape index (κ1) is 14.5. The van der Waals surface area contributed by atoms with Gasteiger partial charge >= 0.3 is 0 Å². The minimum absolute atomic E-state index is 0.234. The van der Waals surface area contributed by atoms with Crippen LogP contribution in [0.1, 0.15) is 29.9 Å². The van der Waals surface area contributed by atoms with E-state index >= 15 is 0 Å². The van der Waals surface area contributed by atoms with Crippen molar-refractivity contribution in [2.45, 2.75) is 18.8 Å². The smallest absolute Gasteiger partial charge is 0.241 e. The Hall–Kier alpha value is -2.13. The number of benzene rings is 2. The van der Waals surface area contributed by atoms with E-state index in [0.717, 1.165) is 25.3 Å². The largest absolute Gasteiger partial charge is 0.310 e. The number of para-hydroxylation sites is 1. The van der Waals surface area contributed by atoms with E-state index in [1.54, 1.807) is 0 Å². The maximum atomic E-state index is 12.8. The van der Waals surface area contributed by atoms with Gasteiger partial charge in [0.15, 0.2) is 0 Å². The quantitative estimate of drug-likeness (QED) is 0.869. The summed E-state index contributed by atoms with van der Waals surface area (Å²) >= 11 is 0. The fourth-order valence-electron chi connectivity index (χ4n) is 3.83. The highest BCUT2D eigenvalue weighted by atomic mass is 16.2. The van der Waals surface area contributed by atoms with E-state index in [9.17, 15) is 4.79 Å². The summed E-state index contributed by atoms with van der Waals surface area (Å²) in [5.41, 5.74) is 3.65. The van der Waals surface area contributed by atoms with Gasteiger partial charge in [-0.25, -0.2) is 0 Å². The number of hydrogen-bond donors (Lipinski definition) is 0. The maximum absolute atomic E-state index is 12.8. The lowest BCUT2D eigenvalue weighted by Crippen LogP contribution is -2.39. The van der Waals surface area contributed by atoms with Crippen LogP contribution in [-0.2, 0) is 4.79 Å². The summed E-state index contributed by atoms with van der Waals surface area (Å²) in [5, 5.41) is 0. The van der Waals surface area contributed by atoms with Gasteiger partial charge in [-0.05, 0) is 43.1 Å². The normalized spacial score (nSPS) is 20.7. The van der Waals surface area contributed by atoms with Gasteiger partial charge in [0.1, 0.15) is 0 Å². The van der Waals surface area contributed by atoms with Crippen molar-refractivity contribution in [1.82, 2.24) is 4.90 Å². The van der Waals surface area contributed by atoms with Gasteiger partial charge in [-0.1, -0.05) is 48.5 Å². The number of carbonyl (C=O) groups excluding carboxylic acids is 1. The number of carbonyl (C=O) groups is 1. The Kier molecular flexibility index (Phi) is 3.88. The first-order valence-corrected chi connectivity index (χ1v) is 8.49. The molecule has 1 amide bonds. The molecule has 0 aliphatic carbocycles. The van der Waals surface area contributed by atoms with E-state index < -0.39 is 0 Å². The number of rotatable bonds is 3. The SMILES string of the molecule is O=C(CN1CCCC1)N1CC(c2ccccc2)c2ccccc21. The van der Waals surface area contributed by atoms with Crippen LogP contribution in [-0.4, -0.2) is 37.0 Å². The second kappa shape index (κ2) is 6.17. The van der Waals surface area contributed by atoms with E-state index in [1.807, 2.05) is 17.0 Å². The summed E-state index contributed by atoms with van der Waals surface area (Å²) in [4.78, 5) is 17.1. The molecule has 0 saturated carbocycles. The fraction of sp³-hybridized carbons (Fsp3) is 0.350. The molecule has 0 aromatic heterocycles. The number of amides is 1. The highest BCUT2D eigenvalue weighted by Crippen LogP contribution is 2.39.